The van der Waals surface area contributed by atoms with E-state index in [1.54, 1.807) is 25.1 Å². The highest BCUT2D eigenvalue weighted by atomic mass is 32.2. The molecule has 1 aliphatic rings. The molecule has 7 nitrogen and oxygen atoms in total. The third kappa shape index (κ3) is 5.27. The summed E-state index contributed by atoms with van der Waals surface area (Å²) in [4.78, 5) is 16.1. The van der Waals surface area contributed by atoms with E-state index in [1.807, 2.05) is 0 Å². The van der Waals surface area contributed by atoms with Gasteiger partial charge in [-0.1, -0.05) is 43.7 Å². The fraction of sp³-hybridized carbons (Fsp3) is 0.333. The quantitative estimate of drug-likeness (QED) is 0.330. The van der Waals surface area contributed by atoms with Crippen molar-refractivity contribution in [2.45, 2.75) is 32.2 Å². The topological polar surface area (TPSA) is 88.6 Å². The molecule has 2 aromatic rings. The Morgan fingerprint density at radius 1 is 1.15 bits per heavy atom. The molecular formula is C21H21F4N3O4S. The zero-order chi connectivity index (χ0) is 24.2. The number of nitrogens with zero attached hydrogens (tertiary/aromatic N) is 2. The maximum Gasteiger partial charge on any atom is 0.417 e. The van der Waals surface area contributed by atoms with Crippen LogP contribution in [0.2, 0.25) is 0 Å². The molecule has 12 heteroatoms. The van der Waals surface area contributed by atoms with Crippen molar-refractivity contribution in [1.29, 1.82) is 0 Å². The van der Waals surface area contributed by atoms with Gasteiger partial charge in [-0.3, -0.25) is 4.79 Å². The van der Waals surface area contributed by atoms with Gasteiger partial charge >= 0.3 is 6.18 Å². The number of carbonyl (C=O) groups is 1. The number of rotatable bonds is 9. The number of aromatic nitrogens is 1. The van der Waals surface area contributed by atoms with Gasteiger partial charge in [0, 0.05) is 18.8 Å². The molecule has 0 saturated heterocycles. The summed E-state index contributed by atoms with van der Waals surface area (Å²) in [5.41, 5.74) is -1.02. The van der Waals surface area contributed by atoms with E-state index in [0.29, 0.717) is 12.6 Å². The number of ether oxygens (including phenoxy) is 1. The summed E-state index contributed by atoms with van der Waals surface area (Å²) in [7, 11) is -4.44. The van der Waals surface area contributed by atoms with Crippen molar-refractivity contribution in [1.82, 2.24) is 14.6 Å². The third-order valence-corrected chi connectivity index (χ3v) is 6.56. The number of halogens is 4. The molecule has 0 radical (unpaired) electrons. The second-order valence-electron chi connectivity index (χ2n) is 7.06. The highest BCUT2D eigenvalue weighted by molar-refractivity contribution is 7.99. The van der Waals surface area contributed by atoms with Gasteiger partial charge in [-0.25, -0.2) is 17.8 Å². The lowest BCUT2D eigenvalue weighted by Crippen LogP contribution is -2.40. The van der Waals surface area contributed by atoms with Crippen LogP contribution in [0.1, 0.15) is 30.9 Å². The molecule has 2 heterocycles. The maximum atomic E-state index is 14.6. The minimum Gasteiger partial charge on any atom is -0.476 e. The van der Waals surface area contributed by atoms with Crippen molar-refractivity contribution >= 4 is 20.8 Å². The van der Waals surface area contributed by atoms with Gasteiger partial charge in [-0.15, -0.1) is 0 Å². The summed E-state index contributed by atoms with van der Waals surface area (Å²) >= 11 is 0. The average Bonchev–Trinajstić information content (AvgIpc) is 2.96. The minimum absolute atomic E-state index is 0.0826. The lowest BCUT2D eigenvalue weighted by atomic mass is 10.2. The summed E-state index contributed by atoms with van der Waals surface area (Å²) in [6.45, 7) is 1.43. The molecular weight excluding hydrogens is 466 g/mol. The minimum atomic E-state index is -4.53. The SMILES string of the molecule is CCCC(F)N1C(=O)C(NCCOc2ccc(C(F)(F)F)cn2)=C(c2ccccc2)S1(=O)=O. The zero-order valence-corrected chi connectivity index (χ0v) is 18.3. The number of hydrogen-bond donors (Lipinski definition) is 1. The molecule has 0 spiro atoms. The van der Waals surface area contributed by atoms with Crippen LogP contribution in [0.4, 0.5) is 17.6 Å². The Bertz CT molecular complexity index is 1120. The number of benzene rings is 1. The molecule has 33 heavy (non-hydrogen) atoms. The van der Waals surface area contributed by atoms with Crippen molar-refractivity contribution in [3.63, 3.8) is 0 Å². The Labute approximate surface area is 188 Å². The highest BCUT2D eigenvalue weighted by Gasteiger charge is 2.47. The van der Waals surface area contributed by atoms with Crippen LogP contribution in [0.3, 0.4) is 0 Å². The van der Waals surface area contributed by atoms with Gasteiger partial charge in [-0.05, 0) is 18.1 Å². The van der Waals surface area contributed by atoms with E-state index in [2.05, 4.69) is 10.3 Å². The van der Waals surface area contributed by atoms with Crippen LogP contribution in [0, 0.1) is 0 Å². The molecule has 1 aromatic carbocycles. The molecule has 1 atom stereocenters. The van der Waals surface area contributed by atoms with Crippen LogP contribution in [-0.4, -0.2) is 43.1 Å². The number of sulfonamides is 1. The summed E-state index contributed by atoms with van der Waals surface area (Å²) in [6.07, 6.45) is -5.74. The molecule has 0 aliphatic carbocycles. The highest BCUT2D eigenvalue weighted by Crippen LogP contribution is 2.37. The normalized spacial score (nSPS) is 16.8. The predicted octanol–water partition coefficient (Wildman–Crippen LogP) is 3.71. The van der Waals surface area contributed by atoms with Crippen LogP contribution in [0.25, 0.3) is 4.91 Å². The monoisotopic (exact) mass is 487 g/mol. The third-order valence-electron chi connectivity index (χ3n) is 4.69. The fourth-order valence-electron chi connectivity index (χ4n) is 3.18. The van der Waals surface area contributed by atoms with Crippen LogP contribution in [-0.2, 0) is 21.0 Å². The molecule has 178 valence electrons. The molecule has 0 bridgehead atoms. The van der Waals surface area contributed by atoms with Crippen molar-refractivity contribution in [3.8, 4) is 5.88 Å². The lowest BCUT2D eigenvalue weighted by molar-refractivity contribution is -0.137. The Kier molecular flexibility index (Phi) is 7.25. The fourth-order valence-corrected chi connectivity index (χ4v) is 4.94. The molecule has 0 fully saturated rings. The zero-order valence-electron chi connectivity index (χ0n) is 17.5. The Balaban J connectivity index is 1.77. The molecule has 0 saturated carbocycles. The number of hydrogen-bond acceptors (Lipinski definition) is 6. The first-order valence-corrected chi connectivity index (χ1v) is 11.4. The molecule has 1 unspecified atom stereocenters. The van der Waals surface area contributed by atoms with Gasteiger partial charge in [0.15, 0.2) is 6.30 Å². The molecule has 1 N–H and O–H groups in total. The van der Waals surface area contributed by atoms with E-state index in [9.17, 15) is 30.8 Å². The number of amides is 1. The van der Waals surface area contributed by atoms with Gasteiger partial charge in [0.05, 0.1) is 5.56 Å². The van der Waals surface area contributed by atoms with Crippen molar-refractivity contribution < 1.29 is 35.5 Å². The predicted molar refractivity (Wildman–Crippen MR) is 112 cm³/mol. The van der Waals surface area contributed by atoms with Gasteiger partial charge in [0.2, 0.25) is 5.88 Å². The van der Waals surface area contributed by atoms with E-state index < -0.39 is 34.0 Å². The number of nitrogens with one attached hydrogen (secondary N) is 1. The number of pyridine rings is 1. The standard InChI is InChI=1S/C21H21F4N3O4S/c1-2-6-16(22)28-20(29)18(19(33(28,30)31)14-7-4-3-5-8-14)26-11-12-32-17-10-9-15(13-27-17)21(23,24)25/h3-5,7-10,13,16,26H,2,6,11-12H2,1H3. The van der Waals surface area contributed by atoms with Crippen LogP contribution in [0.15, 0.2) is 54.4 Å². The van der Waals surface area contributed by atoms with Crippen LogP contribution >= 0.6 is 0 Å². The first-order chi connectivity index (χ1) is 15.6. The number of carbonyl (C=O) groups excluding carboxylic acids is 1. The van der Waals surface area contributed by atoms with Gasteiger partial charge in [0.1, 0.15) is 17.2 Å². The lowest BCUT2D eigenvalue weighted by Gasteiger charge is -2.20. The Hall–Kier alpha value is -3.15. The summed E-state index contributed by atoms with van der Waals surface area (Å²) in [5.74, 6) is -1.11. The van der Waals surface area contributed by atoms with Gasteiger partial charge in [0.25, 0.3) is 15.9 Å². The van der Waals surface area contributed by atoms with Crippen molar-refractivity contribution in [2.75, 3.05) is 13.2 Å². The van der Waals surface area contributed by atoms with Gasteiger partial charge < -0.3 is 10.1 Å². The smallest absolute Gasteiger partial charge is 0.417 e. The first kappa shape index (κ1) is 24.5. The van der Waals surface area contributed by atoms with Crippen molar-refractivity contribution in [3.05, 3.63) is 65.5 Å². The second kappa shape index (κ2) is 9.77. The van der Waals surface area contributed by atoms with Crippen molar-refractivity contribution in [2.24, 2.45) is 0 Å². The summed E-state index contributed by atoms with van der Waals surface area (Å²) in [6, 6.07) is 9.66. The Morgan fingerprint density at radius 2 is 1.85 bits per heavy atom. The summed E-state index contributed by atoms with van der Waals surface area (Å²) < 4.78 is 84.0. The van der Waals surface area contributed by atoms with E-state index in [4.69, 9.17) is 4.74 Å². The molecule has 1 amide bonds. The first-order valence-electron chi connectivity index (χ1n) is 9.99. The van der Waals surface area contributed by atoms with Crippen LogP contribution < -0.4 is 10.1 Å². The maximum absolute atomic E-state index is 14.6. The molecule has 3 rings (SSSR count). The average molecular weight is 487 g/mol. The largest absolute Gasteiger partial charge is 0.476 e. The summed E-state index contributed by atoms with van der Waals surface area (Å²) in [5, 5.41) is 2.68. The van der Waals surface area contributed by atoms with E-state index in [-0.39, 0.29) is 45.9 Å². The van der Waals surface area contributed by atoms with E-state index in [0.717, 1.165) is 12.1 Å². The number of alkyl halides is 4. The Morgan fingerprint density at radius 3 is 2.42 bits per heavy atom. The molecule has 1 aliphatic heterocycles. The second-order valence-corrected chi connectivity index (χ2v) is 8.81. The molecule has 1 aromatic heterocycles. The van der Waals surface area contributed by atoms with Gasteiger partial charge in [-0.2, -0.15) is 17.5 Å². The van der Waals surface area contributed by atoms with E-state index in [1.165, 1.54) is 12.1 Å². The van der Waals surface area contributed by atoms with E-state index >= 15 is 0 Å². The van der Waals surface area contributed by atoms with Crippen LogP contribution in [0.5, 0.6) is 5.88 Å².